The van der Waals surface area contributed by atoms with Gasteiger partial charge in [0.25, 0.3) is 0 Å². The van der Waals surface area contributed by atoms with Crippen molar-refractivity contribution in [3.8, 4) is 0 Å². The largest absolute Gasteiger partial charge is 0.243 e. The van der Waals surface area contributed by atoms with Crippen LogP contribution in [0.5, 0.6) is 0 Å². The Morgan fingerprint density at radius 3 is 3.40 bits per heavy atom. The van der Waals surface area contributed by atoms with Crippen molar-refractivity contribution in [2.24, 2.45) is 10.2 Å². The molecular weight excluding hydrogens is 148 g/mol. The fourth-order valence-electron chi connectivity index (χ4n) is 0.682. The molecule has 0 bridgehead atoms. The fourth-order valence-corrected chi connectivity index (χ4v) is 1.29. The van der Waals surface area contributed by atoms with Crippen molar-refractivity contribution in [3.05, 3.63) is 12.5 Å². The Hall–Kier alpha value is -0.970. The van der Waals surface area contributed by atoms with Crippen LogP contribution in [0.15, 0.2) is 27.6 Å². The minimum Gasteiger partial charge on any atom is -0.243 e. The minimum absolute atomic E-state index is 0.681. The first-order valence-corrected chi connectivity index (χ1v) is 3.76. The van der Waals surface area contributed by atoms with Gasteiger partial charge in [0.05, 0.1) is 4.90 Å². The lowest BCUT2D eigenvalue weighted by atomic mass is 10.6. The second-order valence-electron chi connectivity index (χ2n) is 1.73. The highest BCUT2D eigenvalue weighted by Crippen LogP contribution is 2.30. The highest BCUT2D eigenvalue weighted by atomic mass is 32.2. The lowest BCUT2D eigenvalue weighted by Gasteiger charge is -2.03. The first-order valence-electron chi connectivity index (χ1n) is 2.77. The van der Waals surface area contributed by atoms with Crippen LogP contribution in [0.2, 0.25) is 0 Å². The molecule has 0 amide bonds. The highest BCUT2D eigenvalue weighted by Gasteiger charge is 2.06. The smallest absolute Gasteiger partial charge is 0.190 e. The molecular formula is C5H4N4S. The second-order valence-corrected chi connectivity index (χ2v) is 2.71. The van der Waals surface area contributed by atoms with Crippen molar-refractivity contribution in [3.63, 3.8) is 0 Å². The Labute approximate surface area is 61.8 Å². The van der Waals surface area contributed by atoms with Crippen LogP contribution in [0.25, 0.3) is 0 Å². The topological polar surface area (TPSA) is 50.5 Å². The minimum atomic E-state index is 0.681. The number of hydrogen-bond donors (Lipinski definition) is 0. The molecule has 0 unspecified atom stereocenters. The Morgan fingerprint density at radius 2 is 2.50 bits per heavy atom. The van der Waals surface area contributed by atoms with Gasteiger partial charge in [0.1, 0.15) is 12.2 Å². The molecule has 0 radical (unpaired) electrons. The summed E-state index contributed by atoms with van der Waals surface area (Å²) in [7, 11) is 0. The van der Waals surface area contributed by atoms with Gasteiger partial charge < -0.3 is 0 Å². The fraction of sp³-hybridized carbons (Fsp3) is 0.200. The van der Waals surface area contributed by atoms with Crippen molar-refractivity contribution >= 4 is 17.6 Å². The molecule has 0 aliphatic carbocycles. The average molecular weight is 152 g/mol. The second kappa shape index (κ2) is 2.34. The summed E-state index contributed by atoms with van der Waals surface area (Å²) in [4.78, 5) is 8.80. The molecule has 5 heteroatoms. The van der Waals surface area contributed by atoms with E-state index < -0.39 is 0 Å². The van der Waals surface area contributed by atoms with Gasteiger partial charge >= 0.3 is 0 Å². The van der Waals surface area contributed by atoms with Gasteiger partial charge in [-0.15, -0.1) is 5.11 Å². The van der Waals surface area contributed by atoms with Gasteiger partial charge in [0, 0.05) is 6.20 Å². The van der Waals surface area contributed by atoms with Gasteiger partial charge in [-0.1, -0.05) is 11.8 Å². The molecule has 1 aromatic heterocycles. The number of aromatic nitrogens is 2. The quantitative estimate of drug-likeness (QED) is 0.567. The summed E-state index contributed by atoms with van der Waals surface area (Å²) in [6, 6.07) is 0. The third-order valence-electron chi connectivity index (χ3n) is 1.10. The van der Waals surface area contributed by atoms with Crippen LogP contribution < -0.4 is 0 Å². The summed E-state index contributed by atoms with van der Waals surface area (Å²) in [6.45, 7) is 0. The molecule has 1 aromatic rings. The van der Waals surface area contributed by atoms with Crippen molar-refractivity contribution in [1.29, 1.82) is 0 Å². The molecule has 0 spiro atoms. The summed E-state index contributed by atoms with van der Waals surface area (Å²) >= 11 is 1.60. The first kappa shape index (κ1) is 5.79. The zero-order valence-corrected chi connectivity index (χ0v) is 5.88. The Morgan fingerprint density at radius 1 is 1.50 bits per heavy atom. The maximum atomic E-state index is 3.93. The molecule has 10 heavy (non-hydrogen) atoms. The van der Waals surface area contributed by atoms with Crippen LogP contribution in [0.4, 0.5) is 5.82 Å². The van der Waals surface area contributed by atoms with Gasteiger partial charge in [0.15, 0.2) is 5.82 Å². The van der Waals surface area contributed by atoms with E-state index in [1.165, 1.54) is 6.33 Å². The molecule has 4 nitrogen and oxygen atoms in total. The van der Waals surface area contributed by atoms with Gasteiger partial charge in [-0.25, -0.2) is 9.97 Å². The molecule has 50 valence electrons. The zero-order chi connectivity index (χ0) is 6.81. The summed E-state index contributed by atoms with van der Waals surface area (Å²) in [5, 5.41) is 7.66. The lowest BCUT2D eigenvalue weighted by molar-refractivity contribution is 0.995. The molecule has 0 N–H and O–H groups in total. The predicted molar refractivity (Wildman–Crippen MR) is 37.3 cm³/mol. The molecule has 2 heterocycles. The van der Waals surface area contributed by atoms with Crippen LogP contribution in [-0.4, -0.2) is 15.8 Å². The van der Waals surface area contributed by atoms with E-state index >= 15 is 0 Å². The van der Waals surface area contributed by atoms with E-state index in [1.54, 1.807) is 18.0 Å². The average Bonchev–Trinajstić information content (AvgIpc) is 2.05. The first-order chi connectivity index (χ1) is 4.97. The van der Waals surface area contributed by atoms with Gasteiger partial charge in [-0.3, -0.25) is 0 Å². The molecule has 1 aliphatic heterocycles. The predicted octanol–water partition coefficient (Wildman–Crippen LogP) is 1.62. The van der Waals surface area contributed by atoms with Crippen molar-refractivity contribution in [1.82, 2.24) is 9.97 Å². The number of rotatable bonds is 0. The molecule has 0 fully saturated rings. The molecule has 1 aliphatic rings. The summed E-state index contributed by atoms with van der Waals surface area (Å²) in [5.74, 6) is 1.37. The van der Waals surface area contributed by atoms with E-state index in [1.807, 2.05) is 0 Å². The van der Waals surface area contributed by atoms with Crippen molar-refractivity contribution in [2.75, 3.05) is 5.88 Å². The number of hydrogen-bond acceptors (Lipinski definition) is 5. The van der Waals surface area contributed by atoms with E-state index in [0.29, 0.717) is 11.7 Å². The number of azo groups is 1. The monoisotopic (exact) mass is 152 g/mol. The highest BCUT2D eigenvalue weighted by molar-refractivity contribution is 7.99. The van der Waals surface area contributed by atoms with Crippen LogP contribution >= 0.6 is 11.8 Å². The summed E-state index contributed by atoms with van der Waals surface area (Å²) in [5.41, 5.74) is 0. The normalized spacial score (nSPS) is 14.8. The van der Waals surface area contributed by atoms with E-state index in [-0.39, 0.29) is 0 Å². The van der Waals surface area contributed by atoms with E-state index in [4.69, 9.17) is 0 Å². The SMILES string of the molecule is c1ncc2c(n1)N=NCS2. The lowest BCUT2D eigenvalue weighted by Crippen LogP contribution is -1.86. The van der Waals surface area contributed by atoms with Gasteiger partial charge in [0.2, 0.25) is 0 Å². The molecule has 0 aromatic carbocycles. The van der Waals surface area contributed by atoms with Crippen LogP contribution in [0.1, 0.15) is 0 Å². The number of thioether (sulfide) groups is 1. The third-order valence-corrected chi connectivity index (χ3v) is 1.95. The molecule has 0 atom stereocenters. The maximum absolute atomic E-state index is 3.93. The number of nitrogens with zero attached hydrogens (tertiary/aromatic N) is 4. The molecule has 0 saturated carbocycles. The standard InChI is InChI=1S/C5H4N4S/c1-4-5(7-2-6-1)9-8-3-10-4/h1-2H,3H2. The van der Waals surface area contributed by atoms with Gasteiger partial charge in [-0.05, 0) is 0 Å². The Kier molecular flexibility index (Phi) is 1.35. The Balaban J connectivity index is 2.54. The van der Waals surface area contributed by atoms with Crippen molar-refractivity contribution < 1.29 is 0 Å². The van der Waals surface area contributed by atoms with Gasteiger partial charge in [-0.2, -0.15) is 5.11 Å². The van der Waals surface area contributed by atoms with Crippen LogP contribution in [-0.2, 0) is 0 Å². The van der Waals surface area contributed by atoms with Crippen molar-refractivity contribution in [2.45, 2.75) is 4.90 Å². The maximum Gasteiger partial charge on any atom is 0.190 e. The van der Waals surface area contributed by atoms with E-state index in [2.05, 4.69) is 20.2 Å². The zero-order valence-electron chi connectivity index (χ0n) is 5.06. The van der Waals surface area contributed by atoms with E-state index in [9.17, 15) is 0 Å². The van der Waals surface area contributed by atoms with Crippen LogP contribution in [0.3, 0.4) is 0 Å². The molecule has 2 rings (SSSR count). The van der Waals surface area contributed by atoms with Crippen LogP contribution in [0, 0.1) is 0 Å². The summed E-state index contributed by atoms with van der Waals surface area (Å²) in [6.07, 6.45) is 3.23. The third kappa shape index (κ3) is 0.881. The number of fused-ring (bicyclic) bond motifs is 1. The van der Waals surface area contributed by atoms with E-state index in [0.717, 1.165) is 4.90 Å². The summed E-state index contributed by atoms with van der Waals surface area (Å²) < 4.78 is 0. The Bertz CT molecular complexity index is 272. The molecule has 0 saturated heterocycles.